The zero-order valence-corrected chi connectivity index (χ0v) is 10.8. The first-order chi connectivity index (χ1) is 7.98. The number of carbonyl (C=O) groups is 1. The van der Waals surface area contributed by atoms with Crippen LogP contribution < -0.4 is 0 Å². The van der Waals surface area contributed by atoms with Crippen molar-refractivity contribution in [2.75, 3.05) is 19.7 Å². The highest BCUT2D eigenvalue weighted by atomic mass is 16.5. The van der Waals surface area contributed by atoms with Crippen molar-refractivity contribution in [2.45, 2.75) is 51.2 Å². The third-order valence-corrected chi connectivity index (χ3v) is 4.07. The lowest BCUT2D eigenvalue weighted by Crippen LogP contribution is -2.49. The Morgan fingerprint density at radius 3 is 2.47 bits per heavy atom. The van der Waals surface area contributed by atoms with Crippen LogP contribution in [-0.2, 0) is 9.53 Å². The monoisotopic (exact) mass is 241 g/mol. The molecule has 2 fully saturated rings. The minimum Gasteiger partial charge on any atom is -0.481 e. The Morgan fingerprint density at radius 2 is 1.94 bits per heavy atom. The summed E-state index contributed by atoms with van der Waals surface area (Å²) >= 11 is 0. The van der Waals surface area contributed by atoms with Crippen LogP contribution in [0.25, 0.3) is 0 Å². The summed E-state index contributed by atoms with van der Waals surface area (Å²) in [4.78, 5) is 13.4. The van der Waals surface area contributed by atoms with Gasteiger partial charge in [0.1, 0.15) is 0 Å². The number of aliphatic carboxylic acids is 1. The van der Waals surface area contributed by atoms with E-state index >= 15 is 0 Å². The largest absolute Gasteiger partial charge is 0.481 e. The highest BCUT2D eigenvalue weighted by molar-refractivity contribution is 5.70. The fourth-order valence-corrected chi connectivity index (χ4v) is 3.02. The van der Waals surface area contributed by atoms with Gasteiger partial charge in [0.2, 0.25) is 0 Å². The molecule has 2 aliphatic heterocycles. The second kappa shape index (κ2) is 4.94. The predicted octanol–water partition coefficient (Wildman–Crippen LogP) is 1.74. The van der Waals surface area contributed by atoms with Gasteiger partial charge in [0, 0.05) is 12.6 Å². The normalized spacial score (nSPS) is 31.3. The second-order valence-electron chi connectivity index (χ2n) is 5.90. The summed E-state index contributed by atoms with van der Waals surface area (Å²) < 4.78 is 5.72. The van der Waals surface area contributed by atoms with Crippen molar-refractivity contribution < 1.29 is 14.6 Å². The molecule has 2 rings (SSSR count). The third-order valence-electron chi connectivity index (χ3n) is 4.07. The summed E-state index contributed by atoms with van der Waals surface area (Å²) in [5.74, 6) is -0.754. The zero-order valence-electron chi connectivity index (χ0n) is 10.8. The summed E-state index contributed by atoms with van der Waals surface area (Å²) in [6, 6.07) is 0.577. The Labute approximate surface area is 103 Å². The molecule has 0 amide bonds. The highest BCUT2D eigenvalue weighted by Crippen LogP contribution is 2.30. The van der Waals surface area contributed by atoms with E-state index in [2.05, 4.69) is 18.7 Å². The summed E-state index contributed by atoms with van der Waals surface area (Å²) in [5, 5.41) is 8.98. The van der Waals surface area contributed by atoms with E-state index in [9.17, 15) is 4.79 Å². The van der Waals surface area contributed by atoms with Crippen LogP contribution in [0.2, 0.25) is 0 Å². The quantitative estimate of drug-likeness (QED) is 0.800. The number of carboxylic acids is 1. The van der Waals surface area contributed by atoms with Gasteiger partial charge in [-0.15, -0.1) is 0 Å². The molecule has 0 aromatic rings. The Balaban J connectivity index is 1.86. The van der Waals surface area contributed by atoms with Crippen LogP contribution in [0.15, 0.2) is 0 Å². The fraction of sp³-hybridized carbons (Fsp3) is 0.923. The number of hydrogen-bond acceptors (Lipinski definition) is 3. The van der Waals surface area contributed by atoms with Gasteiger partial charge >= 0.3 is 5.97 Å². The minimum atomic E-state index is -0.628. The number of hydrogen-bond donors (Lipinski definition) is 1. The smallest absolute Gasteiger partial charge is 0.306 e. The van der Waals surface area contributed by atoms with Crippen molar-refractivity contribution in [1.82, 2.24) is 4.90 Å². The van der Waals surface area contributed by atoms with Crippen molar-refractivity contribution >= 4 is 5.97 Å². The maximum Gasteiger partial charge on any atom is 0.306 e. The molecule has 4 nitrogen and oxygen atoms in total. The van der Waals surface area contributed by atoms with Gasteiger partial charge in [-0.1, -0.05) is 0 Å². The van der Waals surface area contributed by atoms with Crippen LogP contribution in [-0.4, -0.2) is 47.3 Å². The summed E-state index contributed by atoms with van der Waals surface area (Å²) in [5.41, 5.74) is -0.0213. The molecule has 2 saturated heterocycles. The SMILES string of the molecule is CC1(C)CC(N2CCC(C(=O)O)CC2)CCO1. The summed E-state index contributed by atoms with van der Waals surface area (Å²) in [6.07, 6.45) is 3.74. The molecule has 2 aliphatic rings. The van der Waals surface area contributed by atoms with E-state index in [-0.39, 0.29) is 11.5 Å². The Hall–Kier alpha value is -0.610. The van der Waals surface area contributed by atoms with Crippen LogP contribution >= 0.6 is 0 Å². The third kappa shape index (κ3) is 3.19. The van der Waals surface area contributed by atoms with Crippen molar-refractivity contribution in [1.29, 1.82) is 0 Å². The standard InChI is InChI=1S/C13H23NO3/c1-13(2)9-11(5-8-17-13)14-6-3-10(4-7-14)12(15)16/h10-11H,3-9H2,1-2H3,(H,15,16). The molecule has 1 atom stereocenters. The van der Waals surface area contributed by atoms with Crippen molar-refractivity contribution in [3.63, 3.8) is 0 Å². The van der Waals surface area contributed by atoms with E-state index in [1.54, 1.807) is 0 Å². The molecule has 2 heterocycles. The van der Waals surface area contributed by atoms with E-state index in [4.69, 9.17) is 9.84 Å². The maximum atomic E-state index is 10.9. The Kier molecular flexibility index (Phi) is 3.73. The topological polar surface area (TPSA) is 49.8 Å². The van der Waals surface area contributed by atoms with Crippen molar-refractivity contribution in [2.24, 2.45) is 5.92 Å². The number of ether oxygens (including phenoxy) is 1. The van der Waals surface area contributed by atoms with Gasteiger partial charge in [0.15, 0.2) is 0 Å². The molecule has 0 saturated carbocycles. The number of nitrogens with zero attached hydrogens (tertiary/aromatic N) is 1. The first kappa shape index (κ1) is 12.8. The van der Waals surface area contributed by atoms with Crippen LogP contribution in [0.3, 0.4) is 0 Å². The number of likely N-dealkylation sites (tertiary alicyclic amines) is 1. The molecule has 4 heteroatoms. The van der Waals surface area contributed by atoms with E-state index in [1.165, 1.54) is 0 Å². The van der Waals surface area contributed by atoms with Gasteiger partial charge in [-0.3, -0.25) is 4.79 Å². The van der Waals surface area contributed by atoms with Gasteiger partial charge in [-0.25, -0.2) is 0 Å². The van der Waals surface area contributed by atoms with Crippen LogP contribution in [0.4, 0.5) is 0 Å². The van der Waals surface area contributed by atoms with Gasteiger partial charge < -0.3 is 14.7 Å². The molecule has 0 spiro atoms. The lowest BCUT2D eigenvalue weighted by molar-refractivity contribution is -0.144. The molecule has 98 valence electrons. The van der Waals surface area contributed by atoms with Gasteiger partial charge in [-0.05, 0) is 52.6 Å². The Bertz CT molecular complexity index is 282. The molecular formula is C13H23NO3. The maximum absolute atomic E-state index is 10.9. The predicted molar refractivity (Wildman–Crippen MR) is 65.0 cm³/mol. The van der Waals surface area contributed by atoms with Crippen LogP contribution in [0.5, 0.6) is 0 Å². The lowest BCUT2D eigenvalue weighted by Gasteiger charge is -2.43. The van der Waals surface area contributed by atoms with Crippen molar-refractivity contribution in [3.05, 3.63) is 0 Å². The zero-order chi connectivity index (χ0) is 12.5. The highest BCUT2D eigenvalue weighted by Gasteiger charge is 2.34. The molecule has 0 radical (unpaired) electrons. The molecule has 1 unspecified atom stereocenters. The van der Waals surface area contributed by atoms with E-state index in [0.717, 1.165) is 45.4 Å². The lowest BCUT2D eigenvalue weighted by atomic mass is 9.89. The van der Waals surface area contributed by atoms with E-state index in [1.807, 2.05) is 0 Å². The van der Waals surface area contributed by atoms with E-state index < -0.39 is 5.97 Å². The molecule has 1 N–H and O–H groups in total. The van der Waals surface area contributed by atoms with Gasteiger partial charge in [0.05, 0.1) is 11.5 Å². The van der Waals surface area contributed by atoms with Crippen LogP contribution in [0.1, 0.15) is 39.5 Å². The average molecular weight is 241 g/mol. The molecule has 0 aliphatic carbocycles. The van der Waals surface area contributed by atoms with Gasteiger partial charge in [-0.2, -0.15) is 0 Å². The molecule has 0 aromatic heterocycles. The molecule has 17 heavy (non-hydrogen) atoms. The Morgan fingerprint density at radius 1 is 1.29 bits per heavy atom. The molecule has 0 bridgehead atoms. The summed E-state index contributed by atoms with van der Waals surface area (Å²) in [7, 11) is 0. The second-order valence-corrected chi connectivity index (χ2v) is 5.90. The number of rotatable bonds is 2. The molecule has 0 aromatic carbocycles. The number of piperidine rings is 1. The fourth-order valence-electron chi connectivity index (χ4n) is 3.02. The average Bonchev–Trinajstić information content (AvgIpc) is 2.28. The minimum absolute atomic E-state index is 0.0213. The van der Waals surface area contributed by atoms with Gasteiger partial charge in [0.25, 0.3) is 0 Å². The first-order valence-electron chi connectivity index (χ1n) is 6.59. The summed E-state index contributed by atoms with van der Waals surface area (Å²) in [6.45, 7) is 6.97. The van der Waals surface area contributed by atoms with Crippen LogP contribution in [0, 0.1) is 5.92 Å². The number of carboxylic acid groups (broad SMARTS) is 1. The first-order valence-corrected chi connectivity index (χ1v) is 6.59. The molecular weight excluding hydrogens is 218 g/mol. The van der Waals surface area contributed by atoms with Crippen molar-refractivity contribution in [3.8, 4) is 0 Å². The van der Waals surface area contributed by atoms with E-state index in [0.29, 0.717) is 6.04 Å².